The van der Waals surface area contributed by atoms with Gasteiger partial charge in [-0.15, -0.1) is 0 Å². The van der Waals surface area contributed by atoms with Gasteiger partial charge >= 0.3 is 0 Å². The first kappa shape index (κ1) is 13.6. The lowest BCUT2D eigenvalue weighted by molar-refractivity contribution is -0.0205. The minimum absolute atomic E-state index is 0.0498. The number of hydrogen-bond donors (Lipinski definition) is 1. The summed E-state index contributed by atoms with van der Waals surface area (Å²) in [7, 11) is 0. The highest BCUT2D eigenvalue weighted by Crippen LogP contribution is 2.31. The molecule has 1 aliphatic rings. The van der Waals surface area contributed by atoms with Crippen molar-refractivity contribution in [1.82, 2.24) is 0 Å². The number of ether oxygens (including phenoxy) is 1. The zero-order valence-electron chi connectivity index (χ0n) is 11.8. The van der Waals surface area contributed by atoms with Gasteiger partial charge in [0.1, 0.15) is 0 Å². The van der Waals surface area contributed by atoms with Gasteiger partial charge in [-0.2, -0.15) is 0 Å². The summed E-state index contributed by atoms with van der Waals surface area (Å²) in [4.78, 5) is 0. The van der Waals surface area contributed by atoms with Crippen molar-refractivity contribution in [3.63, 3.8) is 0 Å². The van der Waals surface area contributed by atoms with Gasteiger partial charge in [0.15, 0.2) is 0 Å². The van der Waals surface area contributed by atoms with E-state index in [1.165, 1.54) is 11.1 Å². The van der Waals surface area contributed by atoms with Gasteiger partial charge in [-0.25, -0.2) is 0 Å². The molecule has 100 valence electrons. The Labute approximate surface area is 111 Å². The molecule has 0 amide bonds. The molecular formula is C16H25NO. The van der Waals surface area contributed by atoms with Crippen LogP contribution in [-0.4, -0.2) is 17.7 Å². The second-order valence-corrected chi connectivity index (χ2v) is 6.22. The minimum Gasteiger partial charge on any atom is -0.372 e. The first-order valence-electron chi connectivity index (χ1n) is 6.93. The molecule has 2 heteroatoms. The molecule has 0 spiro atoms. The van der Waals surface area contributed by atoms with E-state index in [1.54, 1.807) is 0 Å². The van der Waals surface area contributed by atoms with E-state index in [0.717, 1.165) is 25.7 Å². The van der Waals surface area contributed by atoms with Gasteiger partial charge in [0, 0.05) is 6.04 Å². The molecule has 1 aliphatic heterocycles. The maximum Gasteiger partial charge on any atom is 0.0631 e. The molecule has 0 aromatic heterocycles. The molecule has 0 saturated carbocycles. The summed E-state index contributed by atoms with van der Waals surface area (Å²) < 4.78 is 6.00. The molecule has 0 radical (unpaired) electrons. The maximum absolute atomic E-state index is 6.23. The molecule has 1 aromatic carbocycles. The largest absolute Gasteiger partial charge is 0.372 e. The van der Waals surface area contributed by atoms with E-state index in [0.29, 0.717) is 6.10 Å². The second-order valence-electron chi connectivity index (χ2n) is 6.22. The summed E-state index contributed by atoms with van der Waals surface area (Å²) in [5.41, 5.74) is 8.91. The Morgan fingerprint density at radius 1 is 1.33 bits per heavy atom. The molecule has 1 heterocycles. The van der Waals surface area contributed by atoms with Crippen LogP contribution in [-0.2, 0) is 11.2 Å². The molecule has 0 bridgehead atoms. The van der Waals surface area contributed by atoms with Crippen LogP contribution in [0.25, 0.3) is 0 Å². The molecule has 2 nitrogen and oxygen atoms in total. The van der Waals surface area contributed by atoms with E-state index in [-0.39, 0.29) is 11.6 Å². The van der Waals surface area contributed by atoms with Gasteiger partial charge in [0.2, 0.25) is 0 Å². The fourth-order valence-corrected chi connectivity index (χ4v) is 2.69. The van der Waals surface area contributed by atoms with Crippen LogP contribution in [0.5, 0.6) is 0 Å². The van der Waals surface area contributed by atoms with E-state index >= 15 is 0 Å². The Morgan fingerprint density at radius 2 is 2.00 bits per heavy atom. The standard InChI is InChI=1S/C16H25NO/c1-12-4-6-13(7-5-12)10-14(17)11-15-8-9-16(2,3)18-15/h4-7,14-15H,8-11,17H2,1-3H3. The Hall–Kier alpha value is -0.860. The minimum atomic E-state index is 0.0498. The second kappa shape index (κ2) is 5.41. The van der Waals surface area contributed by atoms with Crippen molar-refractivity contribution in [1.29, 1.82) is 0 Å². The van der Waals surface area contributed by atoms with Crippen LogP contribution in [0.3, 0.4) is 0 Å². The Balaban J connectivity index is 1.82. The average molecular weight is 247 g/mol. The van der Waals surface area contributed by atoms with Gasteiger partial charge in [-0.3, -0.25) is 0 Å². The number of benzene rings is 1. The Morgan fingerprint density at radius 3 is 2.56 bits per heavy atom. The number of rotatable bonds is 4. The van der Waals surface area contributed by atoms with Crippen molar-refractivity contribution in [3.05, 3.63) is 35.4 Å². The summed E-state index contributed by atoms with van der Waals surface area (Å²) in [5, 5.41) is 0. The van der Waals surface area contributed by atoms with E-state index in [1.807, 2.05) is 0 Å². The Bertz CT molecular complexity index is 383. The average Bonchev–Trinajstić information content (AvgIpc) is 2.61. The van der Waals surface area contributed by atoms with Crippen molar-refractivity contribution >= 4 is 0 Å². The predicted octanol–water partition coefficient (Wildman–Crippen LogP) is 3.21. The van der Waals surface area contributed by atoms with Crippen molar-refractivity contribution in [2.75, 3.05) is 0 Å². The van der Waals surface area contributed by atoms with E-state index in [9.17, 15) is 0 Å². The molecular weight excluding hydrogens is 222 g/mol. The van der Waals surface area contributed by atoms with Gasteiger partial charge in [-0.05, 0) is 52.0 Å². The molecule has 2 atom stereocenters. The third-order valence-electron chi connectivity index (χ3n) is 3.74. The highest BCUT2D eigenvalue weighted by Gasteiger charge is 2.32. The van der Waals surface area contributed by atoms with Crippen LogP contribution < -0.4 is 5.73 Å². The topological polar surface area (TPSA) is 35.2 Å². The summed E-state index contributed by atoms with van der Waals surface area (Å²) in [6.45, 7) is 6.44. The molecule has 0 aliphatic carbocycles. The number of hydrogen-bond acceptors (Lipinski definition) is 2. The van der Waals surface area contributed by atoms with Crippen LogP contribution in [0.15, 0.2) is 24.3 Å². The maximum atomic E-state index is 6.23. The fraction of sp³-hybridized carbons (Fsp3) is 0.625. The monoisotopic (exact) mass is 247 g/mol. The molecule has 2 rings (SSSR count). The lowest BCUT2D eigenvalue weighted by Gasteiger charge is -2.21. The summed E-state index contributed by atoms with van der Waals surface area (Å²) in [5.74, 6) is 0. The molecule has 2 unspecified atom stereocenters. The van der Waals surface area contributed by atoms with Gasteiger partial charge < -0.3 is 10.5 Å². The zero-order valence-corrected chi connectivity index (χ0v) is 11.8. The third-order valence-corrected chi connectivity index (χ3v) is 3.74. The van der Waals surface area contributed by atoms with E-state index < -0.39 is 0 Å². The molecule has 1 saturated heterocycles. The van der Waals surface area contributed by atoms with Crippen LogP contribution in [0, 0.1) is 6.92 Å². The van der Waals surface area contributed by atoms with Crippen LogP contribution in [0.1, 0.15) is 44.2 Å². The molecule has 1 fully saturated rings. The van der Waals surface area contributed by atoms with Gasteiger partial charge in [-0.1, -0.05) is 29.8 Å². The van der Waals surface area contributed by atoms with Crippen molar-refractivity contribution in [2.45, 2.75) is 64.2 Å². The molecule has 18 heavy (non-hydrogen) atoms. The summed E-state index contributed by atoms with van der Waals surface area (Å²) in [6.07, 6.45) is 4.56. The molecule has 2 N–H and O–H groups in total. The highest BCUT2D eigenvalue weighted by molar-refractivity contribution is 5.22. The third kappa shape index (κ3) is 3.82. The predicted molar refractivity (Wildman–Crippen MR) is 75.7 cm³/mol. The molecule has 1 aromatic rings. The smallest absolute Gasteiger partial charge is 0.0631 e. The summed E-state index contributed by atoms with van der Waals surface area (Å²) in [6, 6.07) is 8.85. The lowest BCUT2D eigenvalue weighted by atomic mass is 9.98. The van der Waals surface area contributed by atoms with Gasteiger partial charge in [0.25, 0.3) is 0 Å². The SMILES string of the molecule is Cc1ccc(CC(N)CC2CCC(C)(C)O2)cc1. The number of aryl methyl sites for hydroxylation is 1. The fourth-order valence-electron chi connectivity index (χ4n) is 2.69. The summed E-state index contributed by atoms with van der Waals surface area (Å²) >= 11 is 0. The first-order valence-corrected chi connectivity index (χ1v) is 6.93. The van der Waals surface area contributed by atoms with Gasteiger partial charge in [0.05, 0.1) is 11.7 Å². The lowest BCUT2D eigenvalue weighted by Crippen LogP contribution is -2.29. The van der Waals surface area contributed by atoms with Crippen LogP contribution in [0.2, 0.25) is 0 Å². The van der Waals surface area contributed by atoms with Crippen LogP contribution >= 0.6 is 0 Å². The van der Waals surface area contributed by atoms with Crippen molar-refractivity contribution < 1.29 is 4.74 Å². The van der Waals surface area contributed by atoms with Crippen molar-refractivity contribution in [3.8, 4) is 0 Å². The first-order chi connectivity index (χ1) is 8.44. The highest BCUT2D eigenvalue weighted by atomic mass is 16.5. The Kier molecular flexibility index (Phi) is 4.08. The van der Waals surface area contributed by atoms with E-state index in [2.05, 4.69) is 45.0 Å². The van der Waals surface area contributed by atoms with Crippen LogP contribution in [0.4, 0.5) is 0 Å². The normalized spacial score (nSPS) is 24.1. The zero-order chi connectivity index (χ0) is 13.2. The number of nitrogens with two attached hydrogens (primary N) is 1. The van der Waals surface area contributed by atoms with E-state index in [4.69, 9.17) is 10.5 Å². The quantitative estimate of drug-likeness (QED) is 0.886. The van der Waals surface area contributed by atoms with Crippen molar-refractivity contribution in [2.24, 2.45) is 5.73 Å².